The van der Waals surface area contributed by atoms with Crippen LogP contribution in [0.1, 0.15) is 19.3 Å². The molecule has 0 aliphatic carbocycles. The van der Waals surface area contributed by atoms with Crippen LogP contribution in [0.25, 0.3) is 0 Å². The predicted octanol–water partition coefficient (Wildman–Crippen LogP) is 0.893. The lowest BCUT2D eigenvalue weighted by atomic mass is 9.93. The third kappa shape index (κ3) is 1.43. The summed E-state index contributed by atoms with van der Waals surface area (Å²) < 4.78 is 13.2. The van der Waals surface area contributed by atoms with Crippen molar-refractivity contribution in [3.8, 4) is 0 Å². The van der Waals surface area contributed by atoms with Crippen molar-refractivity contribution in [3.63, 3.8) is 0 Å². The highest BCUT2D eigenvalue weighted by atomic mass is 19.1. The quantitative estimate of drug-likeness (QED) is 0.698. The minimum atomic E-state index is -1.66. The fourth-order valence-electron chi connectivity index (χ4n) is 2.65. The number of carbonyl (C=O) groups is 1. The van der Waals surface area contributed by atoms with E-state index in [2.05, 4.69) is 4.90 Å². The molecule has 0 bridgehead atoms. The fraction of sp³-hybridized carbons (Fsp3) is 0.889. The van der Waals surface area contributed by atoms with Crippen LogP contribution >= 0.6 is 0 Å². The van der Waals surface area contributed by atoms with Crippen LogP contribution in [0.15, 0.2) is 0 Å². The van der Waals surface area contributed by atoms with Gasteiger partial charge in [0.15, 0.2) is 0 Å². The van der Waals surface area contributed by atoms with E-state index in [4.69, 9.17) is 5.11 Å². The van der Waals surface area contributed by atoms with Crippen molar-refractivity contribution in [3.05, 3.63) is 0 Å². The molecule has 0 aromatic heterocycles. The van der Waals surface area contributed by atoms with Gasteiger partial charge in [-0.25, -0.2) is 9.18 Å². The second-order valence-electron chi connectivity index (χ2n) is 3.94. The summed E-state index contributed by atoms with van der Waals surface area (Å²) in [5.41, 5.74) is 0. The van der Waals surface area contributed by atoms with Crippen molar-refractivity contribution >= 4 is 5.97 Å². The average Bonchev–Trinajstić information content (AvgIpc) is 2.61. The van der Waals surface area contributed by atoms with E-state index in [-0.39, 0.29) is 12.0 Å². The Kier molecular flexibility index (Phi) is 2.24. The largest absolute Gasteiger partial charge is 0.479 e. The maximum absolute atomic E-state index is 13.2. The summed E-state index contributed by atoms with van der Waals surface area (Å²) in [6.45, 7) is 1.90. The Bertz CT molecular complexity index is 222. The Morgan fingerprint density at radius 2 is 2.23 bits per heavy atom. The van der Waals surface area contributed by atoms with Crippen LogP contribution in [0.2, 0.25) is 0 Å². The number of alkyl halides is 1. The van der Waals surface area contributed by atoms with Crippen LogP contribution in [0.3, 0.4) is 0 Å². The van der Waals surface area contributed by atoms with Gasteiger partial charge < -0.3 is 5.11 Å². The molecule has 2 fully saturated rings. The molecule has 1 N–H and O–H groups in total. The van der Waals surface area contributed by atoms with Gasteiger partial charge in [0.1, 0.15) is 0 Å². The van der Waals surface area contributed by atoms with Crippen LogP contribution in [-0.2, 0) is 4.79 Å². The van der Waals surface area contributed by atoms with Gasteiger partial charge in [-0.2, -0.15) is 0 Å². The Morgan fingerprint density at radius 1 is 1.46 bits per heavy atom. The van der Waals surface area contributed by atoms with Gasteiger partial charge in [-0.3, -0.25) is 4.90 Å². The predicted molar refractivity (Wildman–Crippen MR) is 45.2 cm³/mol. The molecular weight excluding hydrogens is 173 g/mol. The molecule has 0 aromatic carbocycles. The number of hydrogen-bond donors (Lipinski definition) is 1. The van der Waals surface area contributed by atoms with Gasteiger partial charge in [0.05, 0.1) is 0 Å². The van der Waals surface area contributed by atoms with Crippen molar-refractivity contribution in [2.45, 2.75) is 31.5 Å². The van der Waals surface area contributed by atoms with Crippen molar-refractivity contribution in [1.82, 2.24) is 4.90 Å². The Morgan fingerprint density at radius 3 is 2.92 bits per heavy atom. The Labute approximate surface area is 76.5 Å². The first kappa shape index (κ1) is 8.94. The second kappa shape index (κ2) is 3.25. The molecule has 3 atom stereocenters. The lowest BCUT2D eigenvalue weighted by Crippen LogP contribution is -2.34. The van der Waals surface area contributed by atoms with Gasteiger partial charge in [0, 0.05) is 12.0 Å². The summed E-state index contributed by atoms with van der Waals surface area (Å²) in [4.78, 5) is 12.7. The smallest absolute Gasteiger partial charge is 0.338 e. The lowest BCUT2D eigenvalue weighted by Gasteiger charge is -2.20. The summed E-state index contributed by atoms with van der Waals surface area (Å²) in [6, 6.07) is 0.200. The zero-order valence-corrected chi connectivity index (χ0v) is 7.45. The minimum absolute atomic E-state index is 0.200. The molecule has 13 heavy (non-hydrogen) atoms. The molecule has 0 radical (unpaired) electrons. The topological polar surface area (TPSA) is 40.5 Å². The molecule has 2 heterocycles. The third-order valence-corrected chi connectivity index (χ3v) is 3.27. The maximum atomic E-state index is 13.2. The molecule has 4 heteroatoms. The van der Waals surface area contributed by atoms with Crippen LogP contribution in [0.4, 0.5) is 4.39 Å². The SMILES string of the molecule is O=C(O)C(F)C1CCN2CCCC12. The molecule has 2 rings (SSSR count). The summed E-state index contributed by atoms with van der Waals surface area (Å²) in [7, 11) is 0. The van der Waals surface area contributed by atoms with Crippen molar-refractivity contribution in [2.75, 3.05) is 13.1 Å². The van der Waals surface area contributed by atoms with Crippen molar-refractivity contribution in [2.24, 2.45) is 5.92 Å². The molecule has 3 nitrogen and oxygen atoms in total. The first-order chi connectivity index (χ1) is 6.20. The summed E-state index contributed by atoms with van der Waals surface area (Å²) in [5, 5.41) is 8.57. The van der Waals surface area contributed by atoms with E-state index in [0.29, 0.717) is 6.42 Å². The van der Waals surface area contributed by atoms with Crippen LogP contribution in [-0.4, -0.2) is 41.3 Å². The average molecular weight is 187 g/mol. The molecule has 0 aromatic rings. The molecular formula is C9H14FNO2. The number of carboxylic acids is 1. The Balaban J connectivity index is 2.04. The number of halogens is 1. The van der Waals surface area contributed by atoms with E-state index in [1.54, 1.807) is 0 Å². The third-order valence-electron chi connectivity index (χ3n) is 3.27. The molecule has 3 unspecified atom stereocenters. The molecule has 0 spiro atoms. The second-order valence-corrected chi connectivity index (χ2v) is 3.94. The summed E-state index contributed by atoms with van der Waals surface area (Å²) in [6.07, 6.45) is 1.11. The van der Waals surface area contributed by atoms with Crippen LogP contribution in [0.5, 0.6) is 0 Å². The normalized spacial score (nSPS) is 36.1. The maximum Gasteiger partial charge on any atom is 0.338 e. The number of nitrogens with zero attached hydrogens (tertiary/aromatic N) is 1. The van der Waals surface area contributed by atoms with E-state index >= 15 is 0 Å². The highest BCUT2D eigenvalue weighted by Gasteiger charge is 2.43. The zero-order valence-electron chi connectivity index (χ0n) is 7.45. The molecule has 0 saturated carbocycles. The van der Waals surface area contributed by atoms with E-state index in [1.807, 2.05) is 0 Å². The molecule has 2 aliphatic heterocycles. The van der Waals surface area contributed by atoms with Crippen molar-refractivity contribution < 1.29 is 14.3 Å². The van der Waals surface area contributed by atoms with Gasteiger partial charge in [0.2, 0.25) is 6.17 Å². The van der Waals surface area contributed by atoms with Crippen LogP contribution < -0.4 is 0 Å². The van der Waals surface area contributed by atoms with E-state index in [9.17, 15) is 9.18 Å². The summed E-state index contributed by atoms with van der Waals surface area (Å²) in [5.74, 6) is -1.56. The van der Waals surface area contributed by atoms with E-state index in [0.717, 1.165) is 25.9 Å². The molecule has 2 aliphatic rings. The van der Waals surface area contributed by atoms with Gasteiger partial charge >= 0.3 is 5.97 Å². The molecule has 2 saturated heterocycles. The van der Waals surface area contributed by atoms with Crippen molar-refractivity contribution in [1.29, 1.82) is 0 Å². The highest BCUT2D eigenvalue weighted by molar-refractivity contribution is 5.72. The first-order valence-corrected chi connectivity index (χ1v) is 4.81. The number of hydrogen-bond acceptors (Lipinski definition) is 2. The lowest BCUT2D eigenvalue weighted by molar-refractivity contribution is -0.145. The molecule has 74 valence electrons. The summed E-state index contributed by atoms with van der Waals surface area (Å²) >= 11 is 0. The van der Waals surface area contributed by atoms with E-state index < -0.39 is 12.1 Å². The first-order valence-electron chi connectivity index (χ1n) is 4.81. The van der Waals surface area contributed by atoms with Gasteiger partial charge in [0.25, 0.3) is 0 Å². The number of carboxylic acid groups (broad SMARTS) is 1. The van der Waals surface area contributed by atoms with Gasteiger partial charge in [-0.05, 0) is 32.4 Å². The zero-order chi connectivity index (χ0) is 9.42. The van der Waals surface area contributed by atoms with Gasteiger partial charge in [-0.1, -0.05) is 0 Å². The fourth-order valence-corrected chi connectivity index (χ4v) is 2.65. The molecule has 0 amide bonds. The van der Waals surface area contributed by atoms with Crippen LogP contribution in [0, 0.1) is 5.92 Å². The van der Waals surface area contributed by atoms with E-state index in [1.165, 1.54) is 0 Å². The highest BCUT2D eigenvalue weighted by Crippen LogP contribution is 2.35. The Hall–Kier alpha value is -0.640. The minimum Gasteiger partial charge on any atom is -0.479 e. The number of fused-ring (bicyclic) bond motifs is 1. The monoisotopic (exact) mass is 187 g/mol. The number of rotatable bonds is 2. The van der Waals surface area contributed by atoms with Gasteiger partial charge in [-0.15, -0.1) is 0 Å². The standard InChI is InChI=1S/C9H14FNO2/c10-8(9(12)13)6-3-5-11-4-1-2-7(6)11/h6-8H,1-5H2,(H,12,13). The number of aliphatic carboxylic acids is 1.